The lowest BCUT2D eigenvalue weighted by molar-refractivity contribution is 0.0527. The fourth-order valence-electron chi connectivity index (χ4n) is 4.07. The summed E-state index contributed by atoms with van der Waals surface area (Å²) in [5.74, 6) is -1.17. The van der Waals surface area contributed by atoms with E-state index in [9.17, 15) is 14.4 Å². The molecule has 1 amide bonds. The number of carbonyl (C=O) groups excluding carboxylic acids is 3. The van der Waals surface area contributed by atoms with Crippen molar-refractivity contribution in [2.24, 2.45) is 0 Å². The molecule has 180 valence electrons. The second-order valence-electron chi connectivity index (χ2n) is 8.02. The molecular weight excluding hydrogens is 464 g/mol. The van der Waals surface area contributed by atoms with Gasteiger partial charge in [-0.2, -0.15) is 5.10 Å². The maximum Gasteiger partial charge on any atom is 0.341 e. The van der Waals surface area contributed by atoms with Gasteiger partial charge in [0, 0.05) is 23.2 Å². The standard InChI is InChI=1S/C26H26N4O4S/c1-6-30-15(4)19(13-27-30)21-12-18(17-10-8-9-11-20(17)28-21)24(32)29-25-22(26(33)34-7-2)14(3)23(35-25)16(5)31/h8-13H,6-7H2,1-5H3,(H,29,32). The summed E-state index contributed by atoms with van der Waals surface area (Å²) in [6, 6.07) is 9.12. The molecule has 0 aliphatic carbocycles. The second-order valence-corrected chi connectivity index (χ2v) is 9.04. The number of carbonyl (C=O) groups is 3. The molecule has 4 rings (SSSR count). The van der Waals surface area contributed by atoms with E-state index in [1.165, 1.54) is 6.92 Å². The fourth-order valence-corrected chi connectivity index (χ4v) is 5.16. The zero-order chi connectivity index (χ0) is 25.3. The van der Waals surface area contributed by atoms with Crippen molar-refractivity contribution in [2.75, 3.05) is 11.9 Å². The van der Waals surface area contributed by atoms with Gasteiger partial charge < -0.3 is 10.1 Å². The van der Waals surface area contributed by atoms with E-state index in [1.54, 1.807) is 26.1 Å². The average molecular weight is 491 g/mol. The first kappa shape index (κ1) is 24.3. The molecule has 0 radical (unpaired) electrons. The lowest BCUT2D eigenvalue weighted by Gasteiger charge is -2.11. The summed E-state index contributed by atoms with van der Waals surface area (Å²) in [6.45, 7) is 9.70. The SMILES string of the molecule is CCOC(=O)c1c(NC(=O)c2cc(-c3cnn(CC)c3C)nc3ccccc23)sc(C(C)=O)c1C. The molecular formula is C26H26N4O4S. The number of hydrogen-bond donors (Lipinski definition) is 1. The van der Waals surface area contributed by atoms with Gasteiger partial charge in [-0.05, 0) is 52.3 Å². The molecule has 35 heavy (non-hydrogen) atoms. The summed E-state index contributed by atoms with van der Waals surface area (Å²) >= 11 is 1.07. The van der Waals surface area contributed by atoms with E-state index in [-0.39, 0.29) is 23.0 Å². The Balaban J connectivity index is 1.82. The fraction of sp³-hybridized carbons (Fsp3) is 0.269. The molecule has 0 spiro atoms. The molecule has 0 fully saturated rings. The Kier molecular flexibility index (Phi) is 6.79. The monoisotopic (exact) mass is 490 g/mol. The second kappa shape index (κ2) is 9.79. The van der Waals surface area contributed by atoms with Crippen LogP contribution in [0.5, 0.6) is 0 Å². The molecule has 0 aliphatic heterocycles. The molecule has 9 heteroatoms. The summed E-state index contributed by atoms with van der Waals surface area (Å²) in [5, 5.41) is 8.23. The minimum Gasteiger partial charge on any atom is -0.462 e. The molecule has 0 saturated carbocycles. The lowest BCUT2D eigenvalue weighted by Crippen LogP contribution is -2.15. The molecule has 4 aromatic rings. The Morgan fingerprint density at radius 2 is 1.89 bits per heavy atom. The molecule has 3 aromatic heterocycles. The van der Waals surface area contributed by atoms with Crippen LogP contribution in [0.2, 0.25) is 0 Å². The van der Waals surface area contributed by atoms with Crippen LogP contribution in [0.25, 0.3) is 22.2 Å². The van der Waals surface area contributed by atoms with E-state index in [4.69, 9.17) is 9.72 Å². The first-order valence-corrected chi connectivity index (χ1v) is 12.1. The maximum absolute atomic E-state index is 13.6. The number of aryl methyl sites for hydroxylation is 1. The number of esters is 1. The number of rotatable bonds is 7. The highest BCUT2D eigenvalue weighted by atomic mass is 32.1. The van der Waals surface area contributed by atoms with Crippen LogP contribution in [-0.2, 0) is 11.3 Å². The number of Topliss-reactive ketones (excluding diaryl/α,β-unsaturated/α-hetero) is 1. The number of anilines is 1. The van der Waals surface area contributed by atoms with Crippen molar-refractivity contribution in [3.63, 3.8) is 0 Å². The third kappa shape index (κ3) is 4.46. The zero-order valence-corrected chi connectivity index (χ0v) is 21.1. The number of thiophene rings is 1. The quantitative estimate of drug-likeness (QED) is 0.274. The van der Waals surface area contributed by atoms with E-state index in [2.05, 4.69) is 10.4 Å². The third-order valence-corrected chi connectivity index (χ3v) is 7.12. The topological polar surface area (TPSA) is 103 Å². The Morgan fingerprint density at radius 3 is 2.54 bits per heavy atom. The van der Waals surface area contributed by atoms with Crippen LogP contribution in [0.1, 0.15) is 62.4 Å². The molecule has 8 nitrogen and oxygen atoms in total. The summed E-state index contributed by atoms with van der Waals surface area (Å²) < 4.78 is 7.06. The van der Waals surface area contributed by atoms with Gasteiger partial charge in [0.2, 0.25) is 0 Å². The Morgan fingerprint density at radius 1 is 1.14 bits per heavy atom. The number of pyridine rings is 1. The van der Waals surface area contributed by atoms with Crippen molar-refractivity contribution in [1.29, 1.82) is 0 Å². The summed E-state index contributed by atoms with van der Waals surface area (Å²) in [6.07, 6.45) is 1.75. The van der Waals surface area contributed by atoms with Crippen LogP contribution in [0.3, 0.4) is 0 Å². The van der Waals surface area contributed by atoms with Gasteiger partial charge in [-0.1, -0.05) is 18.2 Å². The Labute approximate surface area is 206 Å². The zero-order valence-electron chi connectivity index (χ0n) is 20.3. The van der Waals surface area contributed by atoms with Crippen molar-refractivity contribution in [3.8, 4) is 11.3 Å². The first-order valence-electron chi connectivity index (χ1n) is 11.3. The van der Waals surface area contributed by atoms with Gasteiger partial charge in [0.25, 0.3) is 5.91 Å². The summed E-state index contributed by atoms with van der Waals surface area (Å²) in [7, 11) is 0. The van der Waals surface area contributed by atoms with Gasteiger partial charge in [-0.15, -0.1) is 11.3 Å². The number of aromatic nitrogens is 3. The largest absolute Gasteiger partial charge is 0.462 e. The minimum atomic E-state index is -0.577. The molecule has 3 heterocycles. The number of nitrogens with zero attached hydrogens (tertiary/aromatic N) is 3. The number of hydrogen-bond acceptors (Lipinski definition) is 7. The van der Waals surface area contributed by atoms with E-state index in [0.717, 1.165) is 29.1 Å². The highest BCUT2D eigenvalue weighted by Crippen LogP contribution is 2.35. The molecule has 1 aromatic carbocycles. The Bertz CT molecular complexity index is 1470. The molecule has 0 unspecified atom stereocenters. The lowest BCUT2D eigenvalue weighted by atomic mass is 10.0. The predicted molar refractivity (Wildman–Crippen MR) is 136 cm³/mol. The number of ketones is 1. The third-order valence-electron chi connectivity index (χ3n) is 5.81. The van der Waals surface area contributed by atoms with Crippen LogP contribution in [-0.4, -0.2) is 39.0 Å². The van der Waals surface area contributed by atoms with E-state index in [0.29, 0.717) is 32.6 Å². The van der Waals surface area contributed by atoms with Gasteiger partial charge in [0.1, 0.15) is 5.00 Å². The smallest absolute Gasteiger partial charge is 0.341 e. The maximum atomic E-state index is 13.6. The van der Waals surface area contributed by atoms with Crippen molar-refractivity contribution in [2.45, 2.75) is 41.2 Å². The number of ether oxygens (including phenoxy) is 1. The number of fused-ring (bicyclic) bond motifs is 1. The van der Waals surface area contributed by atoms with Crippen molar-refractivity contribution >= 4 is 44.9 Å². The van der Waals surface area contributed by atoms with Gasteiger partial charge in [0.05, 0.1) is 40.0 Å². The number of amides is 1. The predicted octanol–water partition coefficient (Wildman–Crippen LogP) is 5.43. The van der Waals surface area contributed by atoms with E-state index in [1.807, 2.05) is 42.8 Å². The number of nitrogens with one attached hydrogen (secondary N) is 1. The van der Waals surface area contributed by atoms with Gasteiger partial charge in [-0.3, -0.25) is 14.3 Å². The van der Waals surface area contributed by atoms with Crippen LogP contribution in [0.15, 0.2) is 36.5 Å². The number of para-hydroxylation sites is 1. The molecule has 0 atom stereocenters. The first-order chi connectivity index (χ1) is 16.8. The van der Waals surface area contributed by atoms with Crippen LogP contribution in [0.4, 0.5) is 5.00 Å². The van der Waals surface area contributed by atoms with Crippen molar-refractivity contribution in [3.05, 3.63) is 63.8 Å². The number of benzene rings is 1. The van der Waals surface area contributed by atoms with Gasteiger partial charge in [-0.25, -0.2) is 9.78 Å². The molecule has 0 bridgehead atoms. The normalized spacial score (nSPS) is 11.0. The van der Waals surface area contributed by atoms with E-state index < -0.39 is 11.9 Å². The molecule has 0 aliphatic rings. The molecule has 1 N–H and O–H groups in total. The van der Waals surface area contributed by atoms with Crippen LogP contribution in [0, 0.1) is 13.8 Å². The van der Waals surface area contributed by atoms with E-state index >= 15 is 0 Å². The molecule has 0 saturated heterocycles. The van der Waals surface area contributed by atoms with Crippen LogP contribution < -0.4 is 5.32 Å². The summed E-state index contributed by atoms with van der Waals surface area (Å²) in [4.78, 5) is 43.6. The van der Waals surface area contributed by atoms with Gasteiger partial charge >= 0.3 is 5.97 Å². The van der Waals surface area contributed by atoms with Gasteiger partial charge in [0.15, 0.2) is 5.78 Å². The van der Waals surface area contributed by atoms with Crippen LogP contribution >= 0.6 is 11.3 Å². The average Bonchev–Trinajstić information content (AvgIpc) is 3.37. The van der Waals surface area contributed by atoms with Crippen molar-refractivity contribution < 1.29 is 19.1 Å². The van der Waals surface area contributed by atoms with Crippen molar-refractivity contribution in [1.82, 2.24) is 14.8 Å². The Hall–Kier alpha value is -3.85. The highest BCUT2D eigenvalue weighted by Gasteiger charge is 2.26. The summed E-state index contributed by atoms with van der Waals surface area (Å²) in [5.41, 5.74) is 4.18. The minimum absolute atomic E-state index is 0.181. The highest BCUT2D eigenvalue weighted by molar-refractivity contribution is 7.18.